The van der Waals surface area contributed by atoms with Crippen LogP contribution in [0.5, 0.6) is 11.5 Å². The number of benzene rings is 3. The van der Waals surface area contributed by atoms with Gasteiger partial charge in [-0.05, 0) is 60.7 Å². The maximum Gasteiger partial charge on any atom is 0.261 e. The number of para-hydroxylation sites is 1. The Morgan fingerprint density at radius 2 is 1.45 bits per heavy atom. The lowest BCUT2D eigenvalue weighted by Gasteiger charge is -2.13. The molecule has 0 radical (unpaired) electrons. The van der Waals surface area contributed by atoms with Crippen molar-refractivity contribution < 1.29 is 13.2 Å². The average molecular weight is 462 g/mol. The molecule has 0 aliphatic rings. The van der Waals surface area contributed by atoms with Gasteiger partial charge in [-0.25, -0.2) is 8.42 Å². The Kier molecular flexibility index (Phi) is 6.41. The number of anilines is 4. The predicted molar refractivity (Wildman–Crippen MR) is 130 cm³/mol. The standard InChI is InChI=1S/C24H23N5O3S/c1-29(2)20-16-24(27-25-17-20)26-18-8-10-19(11-9-18)28-33(30,31)23-14-12-22(13-15-23)32-21-6-4-3-5-7-21/h3-17,28H,1-2H3,(H,26,27). The van der Waals surface area contributed by atoms with Crippen molar-refractivity contribution in [3.05, 3.63) is 91.1 Å². The van der Waals surface area contributed by atoms with E-state index >= 15 is 0 Å². The minimum atomic E-state index is -3.74. The largest absolute Gasteiger partial charge is 0.457 e. The van der Waals surface area contributed by atoms with Crippen molar-refractivity contribution in [2.24, 2.45) is 0 Å². The van der Waals surface area contributed by atoms with Crippen LogP contribution in [0.3, 0.4) is 0 Å². The first-order valence-electron chi connectivity index (χ1n) is 10.1. The molecular formula is C24H23N5O3S. The molecule has 8 nitrogen and oxygen atoms in total. The Bertz CT molecular complexity index is 1310. The van der Waals surface area contributed by atoms with E-state index in [1.807, 2.05) is 55.4 Å². The Morgan fingerprint density at radius 3 is 2.12 bits per heavy atom. The Labute approximate surface area is 192 Å². The molecule has 0 spiro atoms. The van der Waals surface area contributed by atoms with Crippen molar-refractivity contribution in [1.29, 1.82) is 0 Å². The minimum absolute atomic E-state index is 0.140. The van der Waals surface area contributed by atoms with Gasteiger partial charge in [-0.2, -0.15) is 5.10 Å². The molecule has 4 aromatic rings. The smallest absolute Gasteiger partial charge is 0.261 e. The van der Waals surface area contributed by atoms with Gasteiger partial charge < -0.3 is 15.0 Å². The minimum Gasteiger partial charge on any atom is -0.457 e. The van der Waals surface area contributed by atoms with Crippen LogP contribution < -0.4 is 19.7 Å². The van der Waals surface area contributed by atoms with Crippen LogP contribution in [-0.4, -0.2) is 32.7 Å². The summed E-state index contributed by atoms with van der Waals surface area (Å²) in [6, 6.07) is 24.3. The normalized spacial score (nSPS) is 11.0. The monoisotopic (exact) mass is 461 g/mol. The lowest BCUT2D eigenvalue weighted by atomic mass is 10.3. The second-order valence-electron chi connectivity index (χ2n) is 7.39. The second-order valence-corrected chi connectivity index (χ2v) is 9.07. The van der Waals surface area contributed by atoms with Crippen LogP contribution in [0.2, 0.25) is 0 Å². The van der Waals surface area contributed by atoms with Crippen LogP contribution in [-0.2, 0) is 10.0 Å². The Hall–Kier alpha value is -4.11. The summed E-state index contributed by atoms with van der Waals surface area (Å²) in [5, 5.41) is 11.2. The summed E-state index contributed by atoms with van der Waals surface area (Å²) in [5.41, 5.74) is 2.11. The van der Waals surface area contributed by atoms with Gasteiger partial charge in [0.15, 0.2) is 5.82 Å². The van der Waals surface area contributed by atoms with E-state index in [1.165, 1.54) is 12.1 Å². The van der Waals surface area contributed by atoms with Crippen molar-refractivity contribution >= 4 is 32.9 Å². The molecule has 9 heteroatoms. The van der Waals surface area contributed by atoms with E-state index in [-0.39, 0.29) is 4.90 Å². The molecule has 3 aromatic carbocycles. The van der Waals surface area contributed by atoms with Crippen LogP contribution in [0.25, 0.3) is 0 Å². The molecular weight excluding hydrogens is 438 g/mol. The number of nitrogens with one attached hydrogen (secondary N) is 2. The third kappa shape index (κ3) is 5.78. The lowest BCUT2D eigenvalue weighted by molar-refractivity contribution is 0.482. The van der Waals surface area contributed by atoms with E-state index in [4.69, 9.17) is 4.74 Å². The molecule has 168 valence electrons. The fourth-order valence-corrected chi connectivity index (χ4v) is 4.02. The van der Waals surface area contributed by atoms with Gasteiger partial charge in [0, 0.05) is 31.5 Å². The van der Waals surface area contributed by atoms with Crippen molar-refractivity contribution in [1.82, 2.24) is 10.2 Å². The number of sulfonamides is 1. The fraction of sp³-hybridized carbons (Fsp3) is 0.0833. The summed E-state index contributed by atoms with van der Waals surface area (Å²) in [6.07, 6.45) is 1.67. The van der Waals surface area contributed by atoms with Crippen LogP contribution in [0.4, 0.5) is 22.9 Å². The van der Waals surface area contributed by atoms with E-state index in [9.17, 15) is 8.42 Å². The quantitative estimate of drug-likeness (QED) is 0.386. The topological polar surface area (TPSA) is 96.5 Å². The van der Waals surface area contributed by atoms with E-state index in [2.05, 4.69) is 20.2 Å². The Balaban J connectivity index is 1.41. The predicted octanol–water partition coefficient (Wildman–Crippen LogP) is 4.88. The molecule has 0 aliphatic heterocycles. The van der Waals surface area contributed by atoms with Gasteiger partial charge in [0.1, 0.15) is 11.5 Å². The zero-order valence-electron chi connectivity index (χ0n) is 18.1. The van der Waals surface area contributed by atoms with Gasteiger partial charge in [0.25, 0.3) is 10.0 Å². The molecule has 0 saturated carbocycles. The first-order valence-corrected chi connectivity index (χ1v) is 11.6. The molecule has 0 unspecified atom stereocenters. The molecule has 0 amide bonds. The van der Waals surface area contributed by atoms with Crippen LogP contribution >= 0.6 is 0 Å². The molecule has 4 rings (SSSR count). The highest BCUT2D eigenvalue weighted by Gasteiger charge is 2.14. The van der Waals surface area contributed by atoms with Gasteiger partial charge in [-0.15, -0.1) is 5.10 Å². The van der Waals surface area contributed by atoms with Crippen molar-refractivity contribution in [2.45, 2.75) is 4.90 Å². The summed E-state index contributed by atoms with van der Waals surface area (Å²) in [4.78, 5) is 2.07. The molecule has 33 heavy (non-hydrogen) atoms. The maximum atomic E-state index is 12.8. The van der Waals surface area contributed by atoms with Gasteiger partial charge in [-0.1, -0.05) is 18.2 Å². The summed E-state index contributed by atoms with van der Waals surface area (Å²) in [6.45, 7) is 0. The highest BCUT2D eigenvalue weighted by molar-refractivity contribution is 7.92. The summed E-state index contributed by atoms with van der Waals surface area (Å²) in [5.74, 6) is 1.82. The number of aromatic nitrogens is 2. The summed E-state index contributed by atoms with van der Waals surface area (Å²) in [7, 11) is 0.101. The number of hydrogen-bond acceptors (Lipinski definition) is 7. The van der Waals surface area contributed by atoms with E-state index in [0.29, 0.717) is 23.0 Å². The molecule has 0 atom stereocenters. The van der Waals surface area contributed by atoms with Crippen molar-refractivity contribution in [3.63, 3.8) is 0 Å². The highest BCUT2D eigenvalue weighted by Crippen LogP contribution is 2.25. The van der Waals surface area contributed by atoms with Crippen molar-refractivity contribution in [3.8, 4) is 11.5 Å². The third-order valence-corrected chi connectivity index (χ3v) is 6.08. The van der Waals surface area contributed by atoms with Crippen molar-refractivity contribution in [2.75, 3.05) is 29.0 Å². The second kappa shape index (κ2) is 9.58. The first kappa shape index (κ1) is 22.1. The number of ether oxygens (including phenoxy) is 1. The Morgan fingerprint density at radius 1 is 0.818 bits per heavy atom. The van der Waals surface area contributed by atoms with Gasteiger partial charge in [-0.3, -0.25) is 4.72 Å². The first-order chi connectivity index (χ1) is 15.9. The highest BCUT2D eigenvalue weighted by atomic mass is 32.2. The number of rotatable bonds is 8. The molecule has 0 aliphatic carbocycles. The number of hydrogen-bond donors (Lipinski definition) is 2. The molecule has 0 fully saturated rings. The zero-order valence-corrected chi connectivity index (χ0v) is 19.0. The van der Waals surface area contributed by atoms with Gasteiger partial charge in [0.05, 0.1) is 16.8 Å². The summed E-state index contributed by atoms with van der Waals surface area (Å²) >= 11 is 0. The van der Waals surface area contributed by atoms with Gasteiger partial charge in [0.2, 0.25) is 0 Å². The average Bonchev–Trinajstić information content (AvgIpc) is 2.81. The van der Waals surface area contributed by atoms with Gasteiger partial charge >= 0.3 is 0 Å². The van der Waals surface area contributed by atoms with E-state index < -0.39 is 10.0 Å². The number of nitrogens with zero attached hydrogens (tertiary/aromatic N) is 3. The molecule has 2 N–H and O–H groups in total. The SMILES string of the molecule is CN(C)c1cnnc(Nc2ccc(NS(=O)(=O)c3ccc(Oc4ccccc4)cc3)cc2)c1. The van der Waals surface area contributed by atoms with Crippen LogP contribution in [0.1, 0.15) is 0 Å². The lowest BCUT2D eigenvalue weighted by Crippen LogP contribution is -2.12. The van der Waals surface area contributed by atoms with E-state index in [0.717, 1.165) is 11.4 Å². The summed E-state index contributed by atoms with van der Waals surface area (Å²) < 4.78 is 33.8. The maximum absolute atomic E-state index is 12.8. The zero-order chi connectivity index (χ0) is 23.3. The molecule has 1 heterocycles. The molecule has 0 saturated heterocycles. The third-order valence-electron chi connectivity index (χ3n) is 4.68. The van der Waals surface area contributed by atoms with E-state index in [1.54, 1.807) is 42.6 Å². The molecule has 0 bridgehead atoms. The fourth-order valence-electron chi connectivity index (χ4n) is 2.96. The van der Waals surface area contributed by atoms with Crippen LogP contribution in [0.15, 0.2) is 96.0 Å². The molecule has 1 aromatic heterocycles. The van der Waals surface area contributed by atoms with Crippen LogP contribution in [0, 0.1) is 0 Å².